The van der Waals surface area contributed by atoms with Gasteiger partial charge in [-0.1, -0.05) is 73.6 Å². The van der Waals surface area contributed by atoms with Crippen LogP contribution in [0.25, 0.3) is 0 Å². The third-order valence-electron chi connectivity index (χ3n) is 3.99. The molecule has 0 aliphatic carbocycles. The second kappa shape index (κ2) is 11.6. The highest BCUT2D eigenvalue weighted by molar-refractivity contribution is 4.74. The van der Waals surface area contributed by atoms with Crippen LogP contribution in [0.2, 0.25) is 0 Å². The van der Waals surface area contributed by atoms with Gasteiger partial charge in [-0.3, -0.25) is 0 Å². The summed E-state index contributed by atoms with van der Waals surface area (Å²) in [6, 6.07) is 0.744. The molecule has 122 valence electrons. The summed E-state index contributed by atoms with van der Waals surface area (Å²) in [5, 5.41) is 3.78. The Balaban J connectivity index is 4.00. The molecule has 1 heteroatoms. The lowest BCUT2D eigenvalue weighted by Crippen LogP contribution is -2.32. The van der Waals surface area contributed by atoms with Crippen molar-refractivity contribution in [2.24, 2.45) is 11.3 Å². The maximum Gasteiger partial charge on any atom is 0.00696 e. The molecule has 0 spiro atoms. The van der Waals surface area contributed by atoms with E-state index in [0.29, 0.717) is 5.41 Å². The molecule has 0 fully saturated rings. The van der Waals surface area contributed by atoms with Crippen molar-refractivity contribution in [3.63, 3.8) is 0 Å². The lowest BCUT2D eigenvalue weighted by Gasteiger charge is -2.27. The Morgan fingerprint density at radius 1 is 0.900 bits per heavy atom. The fourth-order valence-corrected chi connectivity index (χ4v) is 3.26. The molecule has 0 saturated heterocycles. The van der Waals surface area contributed by atoms with E-state index in [9.17, 15) is 0 Å². The first-order chi connectivity index (χ1) is 9.39. The van der Waals surface area contributed by atoms with Crippen LogP contribution in [0, 0.1) is 11.3 Å². The fraction of sp³-hybridized carbons (Fsp3) is 1.00. The van der Waals surface area contributed by atoms with E-state index in [0.717, 1.165) is 12.0 Å². The molecule has 2 unspecified atom stereocenters. The Morgan fingerprint density at radius 3 is 2.10 bits per heavy atom. The Hall–Kier alpha value is -0.0400. The first kappa shape index (κ1) is 20.0. The molecule has 0 radical (unpaired) electrons. The van der Waals surface area contributed by atoms with Gasteiger partial charge in [0.15, 0.2) is 0 Å². The van der Waals surface area contributed by atoms with Crippen molar-refractivity contribution < 1.29 is 0 Å². The van der Waals surface area contributed by atoms with Gasteiger partial charge in [-0.05, 0) is 43.6 Å². The summed E-state index contributed by atoms with van der Waals surface area (Å²) >= 11 is 0. The molecular weight excluding hydrogens is 242 g/mol. The molecule has 1 nitrogen and oxygen atoms in total. The summed E-state index contributed by atoms with van der Waals surface area (Å²) in [5.41, 5.74) is 0.468. The van der Waals surface area contributed by atoms with Crippen LogP contribution in [-0.2, 0) is 0 Å². The Labute approximate surface area is 129 Å². The zero-order valence-electron chi connectivity index (χ0n) is 15.2. The molecule has 2 atom stereocenters. The van der Waals surface area contributed by atoms with Gasteiger partial charge in [0, 0.05) is 6.04 Å². The Morgan fingerprint density at radius 2 is 1.55 bits per heavy atom. The molecule has 0 aliphatic rings. The van der Waals surface area contributed by atoms with Crippen molar-refractivity contribution in [3.8, 4) is 0 Å². The van der Waals surface area contributed by atoms with Gasteiger partial charge >= 0.3 is 0 Å². The highest BCUT2D eigenvalue weighted by Crippen LogP contribution is 2.27. The van der Waals surface area contributed by atoms with Crippen LogP contribution in [0.3, 0.4) is 0 Å². The molecule has 0 aliphatic heterocycles. The van der Waals surface area contributed by atoms with Gasteiger partial charge in [0.05, 0.1) is 0 Å². The van der Waals surface area contributed by atoms with Crippen LogP contribution in [0.15, 0.2) is 0 Å². The van der Waals surface area contributed by atoms with Crippen LogP contribution in [0.1, 0.15) is 99.3 Å². The van der Waals surface area contributed by atoms with Crippen LogP contribution in [-0.4, -0.2) is 12.6 Å². The van der Waals surface area contributed by atoms with E-state index in [1.807, 2.05) is 0 Å². The van der Waals surface area contributed by atoms with E-state index >= 15 is 0 Å². The largest absolute Gasteiger partial charge is 0.314 e. The minimum atomic E-state index is 0.468. The Bertz CT molecular complexity index is 204. The monoisotopic (exact) mass is 283 g/mol. The van der Waals surface area contributed by atoms with Gasteiger partial charge in [-0.15, -0.1) is 0 Å². The van der Waals surface area contributed by atoms with E-state index in [4.69, 9.17) is 0 Å². The highest BCUT2D eigenvalue weighted by Gasteiger charge is 2.18. The zero-order chi connectivity index (χ0) is 15.4. The van der Waals surface area contributed by atoms with E-state index in [1.54, 1.807) is 0 Å². The molecule has 0 bridgehead atoms. The average Bonchev–Trinajstić information content (AvgIpc) is 2.33. The maximum absolute atomic E-state index is 3.78. The molecule has 0 aromatic rings. The molecular formula is C19H41N. The molecule has 0 saturated carbocycles. The van der Waals surface area contributed by atoms with Gasteiger partial charge in [0.1, 0.15) is 0 Å². The fourth-order valence-electron chi connectivity index (χ4n) is 3.26. The number of unbranched alkanes of at least 4 members (excludes halogenated alkanes) is 4. The third kappa shape index (κ3) is 13.0. The lowest BCUT2D eigenvalue weighted by atomic mass is 9.82. The van der Waals surface area contributed by atoms with Gasteiger partial charge < -0.3 is 5.32 Å². The van der Waals surface area contributed by atoms with Crippen molar-refractivity contribution in [2.45, 2.75) is 105 Å². The molecule has 1 N–H and O–H groups in total. The molecule has 0 amide bonds. The minimum Gasteiger partial charge on any atom is -0.314 e. The normalized spacial score (nSPS) is 15.3. The van der Waals surface area contributed by atoms with Crippen molar-refractivity contribution in [1.82, 2.24) is 5.32 Å². The summed E-state index contributed by atoms with van der Waals surface area (Å²) in [4.78, 5) is 0. The van der Waals surface area contributed by atoms with Gasteiger partial charge in [-0.25, -0.2) is 0 Å². The van der Waals surface area contributed by atoms with Gasteiger partial charge in [0.25, 0.3) is 0 Å². The summed E-state index contributed by atoms with van der Waals surface area (Å²) in [6.07, 6.45) is 12.3. The molecule has 20 heavy (non-hydrogen) atoms. The first-order valence-corrected chi connectivity index (χ1v) is 9.12. The highest BCUT2D eigenvalue weighted by atomic mass is 14.9. The number of nitrogens with one attached hydrogen (secondary N) is 1. The second-order valence-electron chi connectivity index (χ2n) is 7.96. The van der Waals surface area contributed by atoms with E-state index < -0.39 is 0 Å². The summed E-state index contributed by atoms with van der Waals surface area (Å²) in [6.45, 7) is 15.3. The van der Waals surface area contributed by atoms with Crippen LogP contribution >= 0.6 is 0 Å². The summed E-state index contributed by atoms with van der Waals surface area (Å²) < 4.78 is 0. The third-order valence-corrected chi connectivity index (χ3v) is 3.99. The van der Waals surface area contributed by atoms with Crippen molar-refractivity contribution in [2.75, 3.05) is 6.54 Å². The van der Waals surface area contributed by atoms with Gasteiger partial charge in [-0.2, -0.15) is 0 Å². The number of hydrogen-bond acceptors (Lipinski definition) is 1. The number of hydrogen-bond donors (Lipinski definition) is 1. The van der Waals surface area contributed by atoms with Crippen molar-refractivity contribution >= 4 is 0 Å². The topological polar surface area (TPSA) is 12.0 Å². The summed E-state index contributed by atoms with van der Waals surface area (Å²) in [7, 11) is 0. The molecule has 0 aromatic heterocycles. The Kier molecular flexibility index (Phi) is 11.6. The molecule has 0 rings (SSSR count). The summed E-state index contributed by atoms with van der Waals surface area (Å²) in [5.74, 6) is 0.833. The molecule has 0 heterocycles. The van der Waals surface area contributed by atoms with E-state index in [2.05, 4.69) is 46.9 Å². The second-order valence-corrected chi connectivity index (χ2v) is 7.96. The SMILES string of the molecule is CCCCCCCC(CC(C)CC(C)(C)C)NCCC. The first-order valence-electron chi connectivity index (χ1n) is 9.12. The number of rotatable bonds is 12. The zero-order valence-corrected chi connectivity index (χ0v) is 15.2. The maximum atomic E-state index is 3.78. The van der Waals surface area contributed by atoms with Gasteiger partial charge in [0.2, 0.25) is 0 Å². The molecule has 0 aromatic carbocycles. The van der Waals surface area contributed by atoms with Crippen LogP contribution in [0.4, 0.5) is 0 Å². The van der Waals surface area contributed by atoms with E-state index in [1.165, 1.54) is 64.3 Å². The standard InChI is InChI=1S/C19H41N/c1-7-9-10-11-12-13-18(20-14-8-2)15-17(3)16-19(4,5)6/h17-18,20H,7-16H2,1-6H3. The van der Waals surface area contributed by atoms with Crippen molar-refractivity contribution in [3.05, 3.63) is 0 Å². The smallest absolute Gasteiger partial charge is 0.00696 e. The van der Waals surface area contributed by atoms with E-state index in [-0.39, 0.29) is 0 Å². The average molecular weight is 284 g/mol. The predicted octanol–water partition coefficient (Wildman–Crippen LogP) is 6.18. The lowest BCUT2D eigenvalue weighted by molar-refractivity contribution is 0.268. The minimum absolute atomic E-state index is 0.468. The quantitative estimate of drug-likeness (QED) is 0.422. The van der Waals surface area contributed by atoms with Crippen molar-refractivity contribution in [1.29, 1.82) is 0 Å². The predicted molar refractivity (Wildman–Crippen MR) is 93.3 cm³/mol. The van der Waals surface area contributed by atoms with Crippen LogP contribution < -0.4 is 5.32 Å². The van der Waals surface area contributed by atoms with Crippen LogP contribution in [0.5, 0.6) is 0 Å².